The maximum atomic E-state index is 2.51. The minimum Gasteiger partial charge on any atom is -0.310 e. The van der Waals surface area contributed by atoms with Crippen molar-refractivity contribution in [3.05, 3.63) is 459 Å². The van der Waals surface area contributed by atoms with E-state index in [0.29, 0.717) is 0 Å². The Morgan fingerprint density at radius 2 is 0.282 bits per heavy atom. The van der Waals surface area contributed by atoms with Crippen LogP contribution < -0.4 is 29.4 Å². The van der Waals surface area contributed by atoms with Gasteiger partial charge < -0.3 is 29.4 Å². The molecule has 1 aliphatic rings. The maximum absolute atomic E-state index is 2.51. The van der Waals surface area contributed by atoms with Gasteiger partial charge in [0, 0.05) is 102 Å². The van der Waals surface area contributed by atoms with E-state index < -0.39 is 5.41 Å². The number of hydrogen-bond donors (Lipinski definition) is 0. The summed E-state index contributed by atoms with van der Waals surface area (Å²) < 4.78 is 0. The molecule has 0 unspecified atom stereocenters. The first kappa shape index (κ1) is 62.8. The lowest BCUT2D eigenvalue weighted by Crippen LogP contribution is -2.31. The highest BCUT2D eigenvalue weighted by molar-refractivity contribution is 5.96. The summed E-state index contributed by atoms with van der Waals surface area (Å²) in [6, 6.07) is 159. The monoisotopic (exact) mass is 1320 g/mol. The predicted octanol–water partition coefficient (Wildman–Crippen LogP) is 26.9. The predicted molar refractivity (Wildman–Crippen MR) is 432 cm³/mol. The summed E-state index contributed by atoms with van der Waals surface area (Å²) in [5.41, 5.74) is 23.5. The van der Waals surface area contributed by atoms with Gasteiger partial charge in [-0.3, -0.25) is 0 Å². The van der Waals surface area contributed by atoms with Gasteiger partial charge in [0.1, 0.15) is 0 Å². The van der Waals surface area contributed by atoms with Crippen molar-refractivity contribution in [1.82, 2.24) is 0 Å². The van der Waals surface area contributed by atoms with Crippen molar-refractivity contribution in [1.29, 1.82) is 0 Å². The lowest BCUT2D eigenvalue weighted by atomic mass is 9.67. The van der Waals surface area contributed by atoms with Crippen LogP contribution in [0.2, 0.25) is 0 Å². The molecule has 0 saturated carbocycles. The first-order valence-corrected chi connectivity index (χ1v) is 35.1. The molecule has 103 heavy (non-hydrogen) atoms. The fraction of sp³-hybridized carbons (Fsp3) is 0.0103. The van der Waals surface area contributed by atoms with Gasteiger partial charge in [-0.15, -0.1) is 0 Å². The van der Waals surface area contributed by atoms with E-state index in [1.807, 2.05) is 0 Å². The van der Waals surface area contributed by atoms with Gasteiger partial charge in [-0.25, -0.2) is 0 Å². The van der Waals surface area contributed by atoms with Gasteiger partial charge in [-0.2, -0.15) is 0 Å². The molecule has 0 aliphatic heterocycles. The van der Waals surface area contributed by atoms with Crippen molar-refractivity contribution < 1.29 is 0 Å². The molecule has 17 rings (SSSR count). The number of rotatable bonds is 20. The largest absolute Gasteiger partial charge is 0.310 e. The molecule has 0 amide bonds. The van der Waals surface area contributed by atoms with Crippen LogP contribution in [-0.2, 0) is 5.41 Å². The molecule has 0 N–H and O–H groups in total. The summed E-state index contributed by atoms with van der Waals surface area (Å²) in [6.45, 7) is 0. The molecule has 0 heterocycles. The fourth-order valence-electron chi connectivity index (χ4n) is 15.1. The van der Waals surface area contributed by atoms with Gasteiger partial charge in [-0.1, -0.05) is 231 Å². The van der Waals surface area contributed by atoms with Crippen molar-refractivity contribution in [3.8, 4) is 11.1 Å². The molecule has 0 saturated heterocycles. The van der Waals surface area contributed by atoms with Crippen LogP contribution in [0.5, 0.6) is 0 Å². The van der Waals surface area contributed by atoms with Gasteiger partial charge in [0.05, 0.1) is 5.41 Å². The summed E-state index contributed by atoms with van der Waals surface area (Å²) in [6.07, 6.45) is 0. The van der Waals surface area contributed by atoms with Crippen molar-refractivity contribution in [2.75, 3.05) is 29.4 Å². The number of nitrogens with zero attached hydrogens (tertiary/aromatic N) is 6. The van der Waals surface area contributed by atoms with Crippen LogP contribution in [0.4, 0.5) is 102 Å². The summed E-state index contributed by atoms with van der Waals surface area (Å²) in [5.74, 6) is 0. The van der Waals surface area contributed by atoms with Crippen LogP contribution in [0, 0.1) is 0 Å². The highest BCUT2D eigenvalue weighted by Gasteiger charge is 2.49. The van der Waals surface area contributed by atoms with E-state index in [4.69, 9.17) is 0 Å². The van der Waals surface area contributed by atoms with Crippen molar-refractivity contribution in [3.63, 3.8) is 0 Å². The number of para-hydroxylation sites is 12. The number of hydrogen-bond acceptors (Lipinski definition) is 6. The normalized spacial score (nSPS) is 11.8. The molecule has 0 aromatic heterocycles. The standard InChI is InChI=1S/C97H72N6/c1-13-37-75(38-14-1)98(76-39-15-2-16-40-76)87-61-63-93-94-64-62-88(99(77-41-17-3-18-42-77)78-43-19-4-20-44-78)72-96(94)97(95(93)71-87,73-65-89(100(79-45-21-5-22-46-79)80-47-23-6-24-48-80)69-90(66-73)101(81-49-25-7-26-50-81)82-51-27-8-28-52-82)74-67-91(102(83-53-29-9-30-54-83)84-55-31-10-32-56-84)70-92(68-74)103(85-57-33-11-34-58-85)86-59-35-12-36-60-86/h1-72H. The van der Waals surface area contributed by atoms with Crippen LogP contribution in [-0.4, -0.2) is 0 Å². The molecule has 6 nitrogen and oxygen atoms in total. The second kappa shape index (κ2) is 28.3. The number of anilines is 18. The second-order valence-corrected chi connectivity index (χ2v) is 25.7. The van der Waals surface area contributed by atoms with Crippen LogP contribution in [0.3, 0.4) is 0 Å². The number of fused-ring (bicyclic) bond motifs is 3. The SMILES string of the molecule is c1ccc(N(c2ccccc2)c2cc(N(c3ccccc3)c3ccccc3)cc(C3(c4cc(N(c5ccccc5)c5ccccc5)cc(N(c5ccccc5)c5ccccc5)c4)c4cc(N(c5ccccc5)c5ccccc5)ccc4-c4ccc(N(c5ccccc5)c5ccccc5)cc43)c2)cc1. The lowest BCUT2D eigenvalue weighted by Gasteiger charge is -2.39. The van der Waals surface area contributed by atoms with E-state index in [2.05, 4.69) is 466 Å². The minimum atomic E-state index is -1.21. The highest BCUT2D eigenvalue weighted by atomic mass is 15.2. The topological polar surface area (TPSA) is 19.4 Å². The van der Waals surface area contributed by atoms with Crippen LogP contribution in [0.15, 0.2) is 437 Å². The first-order valence-electron chi connectivity index (χ1n) is 35.1. The summed E-state index contributed by atoms with van der Waals surface area (Å²) in [5, 5.41) is 0. The molecule has 0 spiro atoms. The Morgan fingerprint density at radius 1 is 0.126 bits per heavy atom. The van der Waals surface area contributed by atoms with Gasteiger partial charge in [0.2, 0.25) is 0 Å². The Hall–Kier alpha value is -13.7. The third-order valence-electron chi connectivity index (χ3n) is 19.5. The Balaban J connectivity index is 1.09. The van der Waals surface area contributed by atoms with Gasteiger partial charge in [0.15, 0.2) is 0 Å². The quantitative estimate of drug-likeness (QED) is 0.0752. The van der Waals surface area contributed by atoms with E-state index in [9.17, 15) is 0 Å². The van der Waals surface area contributed by atoms with Gasteiger partial charge in [-0.05, 0) is 240 Å². The average Bonchev–Trinajstić information content (AvgIpc) is 1.55. The van der Waals surface area contributed by atoms with E-state index in [0.717, 1.165) is 136 Å². The smallest absolute Gasteiger partial charge is 0.0718 e. The molecule has 1 aliphatic carbocycles. The zero-order valence-electron chi connectivity index (χ0n) is 56.8. The van der Waals surface area contributed by atoms with Gasteiger partial charge >= 0.3 is 0 Å². The third kappa shape index (κ3) is 12.2. The lowest BCUT2D eigenvalue weighted by molar-refractivity contribution is 0.768. The minimum absolute atomic E-state index is 0.968. The van der Waals surface area contributed by atoms with Crippen molar-refractivity contribution >= 4 is 102 Å². The Labute approximate surface area is 603 Å². The summed E-state index contributed by atoms with van der Waals surface area (Å²) >= 11 is 0. The zero-order valence-corrected chi connectivity index (χ0v) is 56.8. The molecule has 0 radical (unpaired) electrons. The van der Waals surface area contributed by atoms with Gasteiger partial charge in [0.25, 0.3) is 0 Å². The molecular weight excluding hydrogens is 1250 g/mol. The first-order chi connectivity index (χ1) is 51.1. The molecule has 0 fully saturated rings. The maximum Gasteiger partial charge on any atom is 0.0718 e. The zero-order chi connectivity index (χ0) is 68.7. The number of benzene rings is 16. The Kier molecular flexibility index (Phi) is 17.2. The van der Waals surface area contributed by atoms with E-state index in [1.54, 1.807) is 0 Å². The fourth-order valence-corrected chi connectivity index (χ4v) is 15.1. The third-order valence-corrected chi connectivity index (χ3v) is 19.5. The van der Waals surface area contributed by atoms with Crippen LogP contribution in [0.25, 0.3) is 11.1 Å². The van der Waals surface area contributed by atoms with E-state index in [-0.39, 0.29) is 0 Å². The van der Waals surface area contributed by atoms with E-state index >= 15 is 0 Å². The highest BCUT2D eigenvalue weighted by Crippen LogP contribution is 2.61. The van der Waals surface area contributed by atoms with Crippen LogP contribution >= 0.6 is 0 Å². The van der Waals surface area contributed by atoms with Crippen molar-refractivity contribution in [2.24, 2.45) is 0 Å². The Morgan fingerprint density at radius 3 is 0.447 bits per heavy atom. The molecule has 16 aromatic rings. The van der Waals surface area contributed by atoms with Crippen molar-refractivity contribution in [2.45, 2.75) is 5.41 Å². The summed E-state index contributed by atoms with van der Waals surface area (Å²) in [7, 11) is 0. The average molecular weight is 1320 g/mol. The molecule has 490 valence electrons. The molecular formula is C97H72N6. The van der Waals surface area contributed by atoms with Crippen LogP contribution in [0.1, 0.15) is 22.3 Å². The molecule has 16 aromatic carbocycles. The molecule has 0 atom stereocenters. The Bertz CT molecular complexity index is 4700. The molecule has 0 bridgehead atoms. The second-order valence-electron chi connectivity index (χ2n) is 25.7. The summed E-state index contributed by atoms with van der Waals surface area (Å²) in [4.78, 5) is 14.5. The van der Waals surface area contributed by atoms with E-state index in [1.165, 1.54) is 0 Å². The molecule has 6 heteroatoms.